The van der Waals surface area contributed by atoms with E-state index in [0.29, 0.717) is 108 Å². The molecule has 14 heteroatoms. The lowest BCUT2D eigenvalue weighted by atomic mass is 9.96. The largest absolute Gasteiger partial charge is 0.378 e. The Labute approximate surface area is 370 Å². The van der Waals surface area contributed by atoms with Gasteiger partial charge in [-0.3, -0.25) is 19.2 Å². The smallest absolute Gasteiger partial charge is 0.256 e. The molecule has 2 saturated heterocycles. The van der Waals surface area contributed by atoms with Gasteiger partial charge in [-0.1, -0.05) is 36.5 Å². The van der Waals surface area contributed by atoms with Gasteiger partial charge in [0.25, 0.3) is 22.9 Å². The van der Waals surface area contributed by atoms with E-state index in [2.05, 4.69) is 29.2 Å². The van der Waals surface area contributed by atoms with Gasteiger partial charge in [-0.25, -0.2) is 9.97 Å². The molecule has 0 radical (unpaired) electrons. The maximum absolute atomic E-state index is 13.5. The summed E-state index contributed by atoms with van der Waals surface area (Å²) in [6.45, 7) is 13.2. The SMILES string of the molecule is C=CCCn1cc(-c2cc(C(=O)N3CCOCC3)c3c(c2)ncn3C)c2c(c1=O)CC=C2.C=CCCn1cc(-c2cc(C(=O)N3CCOCC3)c3ncn(C)c3c2)c2c(c1=O)CC=C2. The molecule has 0 N–H and O–H groups in total. The molecule has 2 aliphatic carbocycles. The third-order valence-electron chi connectivity index (χ3n) is 12.5. The Morgan fingerprint density at radius 1 is 0.672 bits per heavy atom. The summed E-state index contributed by atoms with van der Waals surface area (Å²) in [5, 5.41) is 0. The summed E-state index contributed by atoms with van der Waals surface area (Å²) in [5.41, 5.74) is 11.6. The first-order valence-corrected chi connectivity index (χ1v) is 21.9. The van der Waals surface area contributed by atoms with Crippen LogP contribution in [-0.4, -0.2) is 102 Å². The van der Waals surface area contributed by atoms with Gasteiger partial charge >= 0.3 is 0 Å². The van der Waals surface area contributed by atoms with Gasteiger partial charge < -0.3 is 37.5 Å². The second-order valence-corrected chi connectivity index (χ2v) is 16.5. The fraction of sp³-hybridized carbons (Fsp3) is 0.320. The molecule has 4 aliphatic rings. The number of allylic oxidation sites excluding steroid dienone is 4. The van der Waals surface area contributed by atoms with Crippen LogP contribution in [0.25, 0.3) is 56.5 Å². The average Bonchev–Trinajstić information content (AvgIpc) is 4.17. The van der Waals surface area contributed by atoms with Crippen LogP contribution in [0.3, 0.4) is 0 Å². The third-order valence-corrected chi connectivity index (χ3v) is 12.5. The Balaban J connectivity index is 0.000000162. The fourth-order valence-electron chi connectivity index (χ4n) is 9.12. The Hall–Kier alpha value is -6.90. The Bertz CT molecular complexity index is 3020. The maximum Gasteiger partial charge on any atom is 0.256 e. The molecule has 0 atom stereocenters. The minimum absolute atomic E-state index is 0.0177. The summed E-state index contributed by atoms with van der Waals surface area (Å²) < 4.78 is 18.2. The molecule has 2 fully saturated rings. The molecule has 2 aromatic carbocycles. The second-order valence-electron chi connectivity index (χ2n) is 16.5. The molecule has 10 rings (SSSR count). The highest BCUT2D eigenvalue weighted by Crippen LogP contribution is 2.35. The van der Waals surface area contributed by atoms with Gasteiger partial charge in [-0.2, -0.15) is 0 Å². The lowest BCUT2D eigenvalue weighted by Crippen LogP contribution is -2.40. The minimum atomic E-state index is -0.0361. The molecule has 0 saturated carbocycles. The summed E-state index contributed by atoms with van der Waals surface area (Å²) in [4.78, 5) is 65.6. The third kappa shape index (κ3) is 7.88. The summed E-state index contributed by atoms with van der Waals surface area (Å²) in [5.74, 6) is -0.0538. The number of ether oxygens (including phenoxy) is 2. The molecule has 4 aromatic heterocycles. The number of nitrogens with zero attached hydrogens (tertiary/aromatic N) is 8. The van der Waals surface area contributed by atoms with Gasteiger partial charge in [-0.05, 0) is 72.2 Å². The molecule has 14 nitrogen and oxygen atoms in total. The van der Waals surface area contributed by atoms with E-state index in [1.54, 1.807) is 21.8 Å². The number of aromatic nitrogens is 6. The number of rotatable bonds is 10. The van der Waals surface area contributed by atoms with Crippen molar-refractivity contribution in [3.8, 4) is 22.3 Å². The van der Waals surface area contributed by atoms with Crippen LogP contribution >= 0.6 is 0 Å². The Kier molecular flexibility index (Phi) is 12.0. The van der Waals surface area contributed by atoms with Crippen molar-refractivity contribution in [2.75, 3.05) is 52.6 Å². The van der Waals surface area contributed by atoms with Crippen LogP contribution in [0.4, 0.5) is 0 Å². The Morgan fingerprint density at radius 2 is 1.17 bits per heavy atom. The summed E-state index contributed by atoms with van der Waals surface area (Å²) in [7, 11) is 3.83. The molecule has 6 aromatic rings. The number of aryl methyl sites for hydroxylation is 4. The van der Waals surface area contributed by atoms with Crippen molar-refractivity contribution < 1.29 is 19.1 Å². The maximum atomic E-state index is 13.5. The highest BCUT2D eigenvalue weighted by Gasteiger charge is 2.27. The predicted molar refractivity (Wildman–Crippen MR) is 249 cm³/mol. The quantitative estimate of drug-likeness (QED) is 0.152. The number of fused-ring (bicyclic) bond motifs is 4. The van der Waals surface area contributed by atoms with Gasteiger partial charge in [0.2, 0.25) is 0 Å². The van der Waals surface area contributed by atoms with Gasteiger partial charge in [0, 0.05) is 88.0 Å². The van der Waals surface area contributed by atoms with Crippen molar-refractivity contribution in [3.05, 3.63) is 141 Å². The number of imidazole rings is 2. The number of morpholine rings is 2. The average molecular weight is 861 g/mol. The Morgan fingerprint density at radius 3 is 1.72 bits per heavy atom. The van der Waals surface area contributed by atoms with Crippen molar-refractivity contribution in [1.29, 1.82) is 0 Å². The molecule has 0 bridgehead atoms. The van der Waals surface area contributed by atoms with Crippen molar-refractivity contribution in [2.45, 2.75) is 38.8 Å². The zero-order valence-electron chi connectivity index (χ0n) is 36.4. The van der Waals surface area contributed by atoms with E-state index in [-0.39, 0.29) is 22.9 Å². The molecule has 0 spiro atoms. The number of carbonyl (C=O) groups is 2. The molecule has 64 heavy (non-hydrogen) atoms. The van der Waals surface area contributed by atoms with E-state index >= 15 is 0 Å². The standard InChI is InChI=1S/2C25H26N4O3/c1-3-4-8-29-15-21(18-6-5-7-19(18)24(29)30)17-13-20(23-22(14-17)27(2)16-26-23)25(31)28-9-11-32-12-10-28;1-3-4-8-29-15-21(18-6-5-7-19(18)24(29)30)17-13-20(23-22(14-17)26-16-27(23)2)25(31)28-9-11-32-12-10-28/h2*3,5-6,13-16H,1,4,7-12H2,2H3. The van der Waals surface area contributed by atoms with Crippen LogP contribution in [-0.2, 0) is 49.5 Å². The number of pyridine rings is 2. The molecule has 2 amide bonds. The van der Waals surface area contributed by atoms with E-state index < -0.39 is 0 Å². The monoisotopic (exact) mass is 860 g/mol. The highest BCUT2D eigenvalue weighted by molar-refractivity contribution is 6.08. The zero-order chi connectivity index (χ0) is 44.5. The van der Waals surface area contributed by atoms with Crippen molar-refractivity contribution >= 4 is 46.0 Å². The van der Waals surface area contributed by atoms with Gasteiger partial charge in [0.05, 0.1) is 66.8 Å². The first kappa shape index (κ1) is 42.4. The van der Waals surface area contributed by atoms with Gasteiger partial charge in [0.1, 0.15) is 5.52 Å². The molecule has 328 valence electrons. The lowest BCUT2D eigenvalue weighted by Gasteiger charge is -2.27. The molecule has 2 aliphatic heterocycles. The zero-order valence-corrected chi connectivity index (χ0v) is 36.4. The number of amides is 2. The number of hydrogen-bond donors (Lipinski definition) is 0. The van der Waals surface area contributed by atoms with Crippen LogP contribution in [0.15, 0.2) is 96.4 Å². The van der Waals surface area contributed by atoms with Crippen LogP contribution in [0.1, 0.15) is 55.8 Å². The number of hydrogen-bond acceptors (Lipinski definition) is 8. The minimum Gasteiger partial charge on any atom is -0.378 e. The van der Waals surface area contributed by atoms with Crippen LogP contribution < -0.4 is 11.1 Å². The molecule has 6 heterocycles. The summed E-state index contributed by atoms with van der Waals surface area (Å²) in [6, 6.07) is 7.95. The van der Waals surface area contributed by atoms with Crippen LogP contribution in [0.2, 0.25) is 0 Å². The van der Waals surface area contributed by atoms with E-state index in [1.807, 2.05) is 100 Å². The van der Waals surface area contributed by atoms with E-state index in [9.17, 15) is 19.2 Å². The molecular weight excluding hydrogens is 809 g/mol. The predicted octanol–water partition coefficient (Wildman–Crippen LogP) is 6.04. The molecule has 0 unspecified atom stereocenters. The normalized spacial score (nSPS) is 15.3. The summed E-state index contributed by atoms with van der Waals surface area (Å²) in [6.07, 6.45) is 21.7. The first-order valence-electron chi connectivity index (χ1n) is 21.9. The van der Waals surface area contributed by atoms with E-state index in [0.717, 1.165) is 61.1 Å². The van der Waals surface area contributed by atoms with Gasteiger partial charge in [-0.15, -0.1) is 13.2 Å². The van der Waals surface area contributed by atoms with E-state index in [4.69, 9.17) is 9.47 Å². The first-order chi connectivity index (χ1) is 31.2. The highest BCUT2D eigenvalue weighted by atomic mass is 16.5. The molecular formula is C50H52N8O6. The second kappa shape index (κ2) is 18.1. The lowest BCUT2D eigenvalue weighted by molar-refractivity contribution is 0.0302. The van der Waals surface area contributed by atoms with Crippen molar-refractivity contribution in [2.24, 2.45) is 14.1 Å². The van der Waals surface area contributed by atoms with E-state index in [1.165, 1.54) is 0 Å². The fourth-order valence-corrected chi connectivity index (χ4v) is 9.12. The summed E-state index contributed by atoms with van der Waals surface area (Å²) >= 11 is 0. The van der Waals surface area contributed by atoms with Crippen LogP contribution in [0, 0.1) is 0 Å². The van der Waals surface area contributed by atoms with Gasteiger partial charge in [0.15, 0.2) is 0 Å². The number of benzene rings is 2. The van der Waals surface area contributed by atoms with Crippen molar-refractivity contribution in [1.82, 2.24) is 38.0 Å². The number of carbonyl (C=O) groups excluding carboxylic acids is 2. The van der Waals surface area contributed by atoms with Crippen molar-refractivity contribution in [3.63, 3.8) is 0 Å². The van der Waals surface area contributed by atoms with Crippen LogP contribution in [0.5, 0.6) is 0 Å². The topological polar surface area (TPSA) is 139 Å².